The first kappa shape index (κ1) is 15.5. The Morgan fingerprint density at radius 1 is 1.17 bits per heavy atom. The van der Waals surface area contributed by atoms with Gasteiger partial charge in [-0.1, -0.05) is 0 Å². The fraction of sp³-hybridized carbons (Fsp3) is 0.278. The van der Waals surface area contributed by atoms with Gasteiger partial charge >= 0.3 is 0 Å². The molecule has 1 aromatic heterocycles. The summed E-state index contributed by atoms with van der Waals surface area (Å²) in [6, 6.07) is 10.2. The van der Waals surface area contributed by atoms with Crippen LogP contribution in [0.15, 0.2) is 42.6 Å². The Bertz CT molecular complexity index is 824. The Labute approximate surface area is 134 Å². The fourth-order valence-electron chi connectivity index (χ4n) is 2.38. The van der Waals surface area contributed by atoms with Gasteiger partial charge in [0, 0.05) is 11.4 Å². The highest BCUT2D eigenvalue weighted by Gasteiger charge is 2.13. The normalized spacial score (nSPS) is 14.0. The summed E-state index contributed by atoms with van der Waals surface area (Å²) >= 11 is 0. The molecule has 0 aliphatic carbocycles. The van der Waals surface area contributed by atoms with E-state index in [1.165, 1.54) is 12.1 Å². The second-order valence-corrected chi connectivity index (χ2v) is 5.89. The molecule has 3 rings (SSSR count). The Hall–Kier alpha value is -2.40. The van der Waals surface area contributed by atoms with Crippen molar-refractivity contribution in [1.29, 1.82) is 0 Å². The topological polar surface area (TPSA) is 53.1 Å². The van der Waals surface area contributed by atoms with Gasteiger partial charge in [0.25, 0.3) is 0 Å². The Morgan fingerprint density at radius 2 is 1.87 bits per heavy atom. The van der Waals surface area contributed by atoms with E-state index in [0.717, 1.165) is 27.9 Å². The minimum absolute atomic E-state index is 0.0490. The molecule has 0 bridgehead atoms. The van der Waals surface area contributed by atoms with Crippen LogP contribution in [0.5, 0.6) is 5.75 Å². The zero-order valence-electron chi connectivity index (χ0n) is 13.5. The molecule has 0 radical (unpaired) electrons. The van der Waals surface area contributed by atoms with Gasteiger partial charge in [-0.3, -0.25) is 0 Å². The molecule has 120 valence electrons. The molecule has 5 heteroatoms. The van der Waals surface area contributed by atoms with E-state index in [-0.39, 0.29) is 18.0 Å². The molecule has 4 nitrogen and oxygen atoms in total. The van der Waals surface area contributed by atoms with E-state index >= 15 is 0 Å². The van der Waals surface area contributed by atoms with Crippen LogP contribution in [0.1, 0.15) is 19.4 Å². The smallest absolute Gasteiger partial charge is 0.123 e. The molecular weight excluding hydrogens is 293 g/mol. The van der Waals surface area contributed by atoms with E-state index in [0.29, 0.717) is 0 Å². The first-order chi connectivity index (χ1) is 11.0. The summed E-state index contributed by atoms with van der Waals surface area (Å²) < 4.78 is 20.8. The number of hydrogen-bond acceptors (Lipinski definition) is 3. The number of nitrogens with zero attached hydrogens (tertiary/aromatic N) is 2. The Balaban J connectivity index is 2.02. The number of aryl methyl sites for hydroxylation is 1. The fourth-order valence-corrected chi connectivity index (χ4v) is 2.38. The summed E-state index contributed by atoms with van der Waals surface area (Å²) in [4.78, 5) is 0. The van der Waals surface area contributed by atoms with Gasteiger partial charge < -0.3 is 10.5 Å². The van der Waals surface area contributed by atoms with Crippen LogP contribution in [-0.4, -0.2) is 21.9 Å². The van der Waals surface area contributed by atoms with Gasteiger partial charge in [0.2, 0.25) is 0 Å². The average molecular weight is 313 g/mol. The molecule has 0 saturated carbocycles. The quantitative estimate of drug-likeness (QED) is 0.801. The number of fused-ring (bicyclic) bond motifs is 1. The summed E-state index contributed by atoms with van der Waals surface area (Å²) in [6.07, 6.45) is 1.71. The summed E-state index contributed by atoms with van der Waals surface area (Å²) in [5.41, 5.74) is 8.65. The first-order valence-electron chi connectivity index (χ1n) is 7.62. The molecule has 3 aromatic rings. The largest absolute Gasteiger partial charge is 0.489 e. The molecule has 23 heavy (non-hydrogen) atoms. The van der Waals surface area contributed by atoms with Crippen LogP contribution in [0.2, 0.25) is 0 Å². The number of rotatable bonds is 4. The van der Waals surface area contributed by atoms with Gasteiger partial charge in [-0.2, -0.15) is 5.10 Å². The lowest BCUT2D eigenvalue weighted by Crippen LogP contribution is -2.33. The second-order valence-electron chi connectivity index (χ2n) is 5.89. The molecule has 0 amide bonds. The lowest BCUT2D eigenvalue weighted by Gasteiger charge is -2.19. The third-order valence-electron chi connectivity index (χ3n) is 3.99. The molecule has 1 heterocycles. The number of hydrogen-bond donors (Lipinski definition) is 1. The van der Waals surface area contributed by atoms with Crippen molar-refractivity contribution in [3.05, 3.63) is 54.0 Å². The number of ether oxygens (including phenoxy) is 1. The van der Waals surface area contributed by atoms with Crippen molar-refractivity contribution in [2.45, 2.75) is 32.9 Å². The number of nitrogens with two attached hydrogens (primary N) is 1. The minimum atomic E-state index is -0.262. The van der Waals surface area contributed by atoms with Crippen LogP contribution in [-0.2, 0) is 0 Å². The predicted molar refractivity (Wildman–Crippen MR) is 89.5 cm³/mol. The highest BCUT2D eigenvalue weighted by molar-refractivity contribution is 5.83. The molecule has 0 unspecified atom stereocenters. The van der Waals surface area contributed by atoms with Gasteiger partial charge in [0.1, 0.15) is 17.7 Å². The molecule has 0 saturated heterocycles. The zero-order chi connectivity index (χ0) is 16.6. The van der Waals surface area contributed by atoms with Crippen LogP contribution in [0.4, 0.5) is 4.39 Å². The van der Waals surface area contributed by atoms with E-state index in [1.54, 1.807) is 23.0 Å². The van der Waals surface area contributed by atoms with Crippen molar-refractivity contribution in [3.8, 4) is 11.4 Å². The second kappa shape index (κ2) is 6.01. The van der Waals surface area contributed by atoms with Crippen molar-refractivity contribution in [2.75, 3.05) is 0 Å². The van der Waals surface area contributed by atoms with E-state index in [1.807, 2.05) is 32.9 Å². The maximum absolute atomic E-state index is 13.1. The monoisotopic (exact) mass is 313 g/mol. The number of aromatic nitrogens is 2. The maximum atomic E-state index is 13.1. The van der Waals surface area contributed by atoms with Crippen molar-refractivity contribution >= 4 is 10.9 Å². The first-order valence-corrected chi connectivity index (χ1v) is 7.62. The van der Waals surface area contributed by atoms with Crippen LogP contribution >= 0.6 is 0 Å². The summed E-state index contributed by atoms with van der Waals surface area (Å²) in [6.45, 7) is 5.87. The molecule has 2 atom stereocenters. The van der Waals surface area contributed by atoms with Crippen LogP contribution < -0.4 is 10.5 Å². The van der Waals surface area contributed by atoms with Crippen LogP contribution in [0.3, 0.4) is 0 Å². The van der Waals surface area contributed by atoms with Crippen molar-refractivity contribution in [1.82, 2.24) is 9.78 Å². The van der Waals surface area contributed by atoms with Crippen molar-refractivity contribution in [3.63, 3.8) is 0 Å². The predicted octanol–water partition coefficient (Wildman–Crippen LogP) is 3.59. The molecule has 2 N–H and O–H groups in total. The standard InChI is InChI=1S/C18H20FN3O/c1-11-8-17-14(9-18(11)23-13(3)12(2)20)10-21-22(17)16-6-4-15(19)5-7-16/h4-10,12-13H,20H2,1-3H3/t12-,13+/m0/s1. The molecule has 0 spiro atoms. The van der Waals surface area contributed by atoms with Gasteiger partial charge in [-0.15, -0.1) is 0 Å². The highest BCUT2D eigenvalue weighted by Crippen LogP contribution is 2.28. The van der Waals surface area contributed by atoms with Crippen molar-refractivity contribution < 1.29 is 9.13 Å². The van der Waals surface area contributed by atoms with Gasteiger partial charge in [-0.05, 0) is 62.7 Å². The van der Waals surface area contributed by atoms with Crippen LogP contribution in [0, 0.1) is 12.7 Å². The molecule has 0 aliphatic rings. The number of benzene rings is 2. The zero-order valence-corrected chi connectivity index (χ0v) is 13.5. The van der Waals surface area contributed by atoms with Crippen LogP contribution in [0.25, 0.3) is 16.6 Å². The molecular formula is C18H20FN3O. The minimum Gasteiger partial charge on any atom is -0.489 e. The third kappa shape index (κ3) is 3.05. The Kier molecular flexibility index (Phi) is 4.05. The summed E-state index contributed by atoms with van der Waals surface area (Å²) in [7, 11) is 0. The van der Waals surface area contributed by atoms with Crippen molar-refractivity contribution in [2.24, 2.45) is 5.73 Å². The van der Waals surface area contributed by atoms with Gasteiger partial charge in [0.15, 0.2) is 0 Å². The maximum Gasteiger partial charge on any atom is 0.123 e. The number of halogens is 1. The average Bonchev–Trinajstić information content (AvgIpc) is 2.91. The van der Waals surface area contributed by atoms with E-state index in [9.17, 15) is 4.39 Å². The molecule has 0 fully saturated rings. The van der Waals surface area contributed by atoms with E-state index in [2.05, 4.69) is 5.10 Å². The summed E-state index contributed by atoms with van der Waals surface area (Å²) in [5, 5.41) is 5.37. The van der Waals surface area contributed by atoms with Gasteiger partial charge in [0.05, 0.1) is 17.4 Å². The lowest BCUT2D eigenvalue weighted by atomic mass is 10.1. The van der Waals surface area contributed by atoms with E-state index < -0.39 is 0 Å². The van der Waals surface area contributed by atoms with E-state index in [4.69, 9.17) is 10.5 Å². The molecule has 0 aliphatic heterocycles. The lowest BCUT2D eigenvalue weighted by molar-refractivity contribution is 0.195. The highest BCUT2D eigenvalue weighted by atomic mass is 19.1. The Morgan fingerprint density at radius 3 is 2.52 bits per heavy atom. The summed E-state index contributed by atoms with van der Waals surface area (Å²) in [5.74, 6) is 0.544. The third-order valence-corrected chi connectivity index (χ3v) is 3.99. The SMILES string of the molecule is Cc1cc2c(cnn2-c2ccc(F)cc2)cc1O[C@H](C)[C@H](C)N. The molecule has 2 aromatic carbocycles. The van der Waals surface area contributed by atoms with Gasteiger partial charge in [-0.25, -0.2) is 9.07 Å².